The van der Waals surface area contributed by atoms with E-state index in [1.807, 2.05) is 0 Å². The summed E-state index contributed by atoms with van der Waals surface area (Å²) in [5.41, 5.74) is 0.520. The van der Waals surface area contributed by atoms with Crippen LogP contribution in [-0.4, -0.2) is 40.9 Å². The lowest BCUT2D eigenvalue weighted by Gasteiger charge is -2.25. The lowest BCUT2D eigenvalue weighted by molar-refractivity contribution is -0.189. The standard InChI is InChI=1S/C17H23F3N2O3/c1-12(17(18,19)20)25-15-8-6-13(11-21-15)22-10-4-2-3-5-14(23)7-9-16(22)24/h6,8,11-12,14,23H,2-5,7,9-10H2,1H3/t12-,14?/m0/s1. The van der Waals surface area contributed by atoms with E-state index in [4.69, 9.17) is 4.74 Å². The molecule has 0 spiro atoms. The number of nitrogens with zero attached hydrogens (tertiary/aromatic N) is 2. The predicted octanol–water partition coefficient (Wildman–Crippen LogP) is 3.46. The summed E-state index contributed by atoms with van der Waals surface area (Å²) in [6.07, 6.45) is -1.60. The third-order valence-corrected chi connectivity index (χ3v) is 4.20. The van der Waals surface area contributed by atoms with E-state index in [0.29, 0.717) is 25.1 Å². The van der Waals surface area contributed by atoms with E-state index in [9.17, 15) is 23.1 Å². The third kappa shape index (κ3) is 5.88. The number of aromatic nitrogens is 1. The number of ether oxygens (including phenoxy) is 1. The first-order chi connectivity index (χ1) is 11.8. The maximum Gasteiger partial charge on any atom is 0.425 e. The molecule has 1 aromatic rings. The van der Waals surface area contributed by atoms with Crippen molar-refractivity contribution in [2.45, 2.75) is 63.8 Å². The molecule has 2 atom stereocenters. The number of carbonyl (C=O) groups is 1. The molecule has 1 amide bonds. The SMILES string of the molecule is C[C@H](Oc1ccc(N2CCCCCC(O)CCC2=O)cn1)C(F)(F)F. The molecule has 1 aliphatic heterocycles. The fourth-order valence-corrected chi connectivity index (χ4v) is 2.64. The van der Waals surface area contributed by atoms with Crippen LogP contribution in [0.2, 0.25) is 0 Å². The smallest absolute Gasteiger partial charge is 0.425 e. The first-order valence-electron chi connectivity index (χ1n) is 8.45. The molecular formula is C17H23F3N2O3. The van der Waals surface area contributed by atoms with Gasteiger partial charge in [0.1, 0.15) is 0 Å². The predicted molar refractivity (Wildman–Crippen MR) is 86.4 cm³/mol. The Morgan fingerprint density at radius 2 is 2.04 bits per heavy atom. The topological polar surface area (TPSA) is 62.7 Å². The van der Waals surface area contributed by atoms with Gasteiger partial charge in [0.05, 0.1) is 18.0 Å². The lowest BCUT2D eigenvalue weighted by atomic mass is 10.0. The van der Waals surface area contributed by atoms with E-state index in [0.717, 1.165) is 26.2 Å². The van der Waals surface area contributed by atoms with Gasteiger partial charge in [0.2, 0.25) is 11.8 Å². The molecule has 8 heteroatoms. The highest BCUT2D eigenvalue weighted by Gasteiger charge is 2.38. The summed E-state index contributed by atoms with van der Waals surface area (Å²) in [4.78, 5) is 17.8. The van der Waals surface area contributed by atoms with E-state index < -0.39 is 18.4 Å². The molecule has 0 bridgehead atoms. The van der Waals surface area contributed by atoms with Crippen LogP contribution >= 0.6 is 0 Å². The Hall–Kier alpha value is -1.83. The van der Waals surface area contributed by atoms with Crippen LogP contribution < -0.4 is 9.64 Å². The molecule has 1 aliphatic rings. The highest BCUT2D eigenvalue weighted by atomic mass is 19.4. The van der Waals surface area contributed by atoms with Gasteiger partial charge in [-0.25, -0.2) is 4.98 Å². The van der Waals surface area contributed by atoms with E-state index in [1.54, 1.807) is 4.90 Å². The number of carbonyl (C=O) groups excluding carboxylic acids is 1. The van der Waals surface area contributed by atoms with Gasteiger partial charge in [0.25, 0.3) is 0 Å². The Kier molecular flexibility index (Phi) is 6.64. The first-order valence-corrected chi connectivity index (χ1v) is 8.45. The zero-order chi connectivity index (χ0) is 18.4. The molecule has 1 saturated heterocycles. The molecule has 0 radical (unpaired) electrons. The second-order valence-corrected chi connectivity index (χ2v) is 6.24. The normalized spacial score (nSPS) is 21.7. The van der Waals surface area contributed by atoms with E-state index in [2.05, 4.69) is 4.98 Å². The maximum atomic E-state index is 12.5. The minimum Gasteiger partial charge on any atom is -0.465 e. The summed E-state index contributed by atoms with van der Waals surface area (Å²) < 4.78 is 42.3. The molecule has 1 fully saturated rings. The Bertz CT molecular complexity index is 563. The minimum absolute atomic E-state index is 0.125. The molecule has 0 saturated carbocycles. The average Bonchev–Trinajstić information content (AvgIpc) is 2.56. The van der Waals surface area contributed by atoms with Gasteiger partial charge in [-0.1, -0.05) is 12.8 Å². The van der Waals surface area contributed by atoms with Crippen LogP contribution in [0.25, 0.3) is 0 Å². The first kappa shape index (κ1) is 19.5. The van der Waals surface area contributed by atoms with E-state index >= 15 is 0 Å². The quantitative estimate of drug-likeness (QED) is 0.897. The molecule has 1 N–H and O–H groups in total. The monoisotopic (exact) mass is 360 g/mol. The summed E-state index contributed by atoms with van der Waals surface area (Å²) in [7, 11) is 0. The average molecular weight is 360 g/mol. The number of halogens is 3. The Morgan fingerprint density at radius 3 is 2.68 bits per heavy atom. The molecule has 5 nitrogen and oxygen atoms in total. The van der Waals surface area contributed by atoms with Crippen LogP contribution in [0.5, 0.6) is 5.88 Å². The Morgan fingerprint density at radius 1 is 1.28 bits per heavy atom. The number of rotatable bonds is 3. The van der Waals surface area contributed by atoms with Crippen LogP contribution in [0.4, 0.5) is 18.9 Å². The summed E-state index contributed by atoms with van der Waals surface area (Å²) in [6.45, 7) is 1.44. The van der Waals surface area contributed by atoms with Gasteiger partial charge in [-0.05, 0) is 32.3 Å². The number of hydrogen-bond acceptors (Lipinski definition) is 4. The number of aliphatic hydroxyl groups excluding tert-OH is 1. The van der Waals surface area contributed by atoms with Crippen molar-refractivity contribution < 1.29 is 27.8 Å². The second kappa shape index (κ2) is 8.51. The van der Waals surface area contributed by atoms with E-state index in [-0.39, 0.29) is 18.2 Å². The van der Waals surface area contributed by atoms with Gasteiger partial charge >= 0.3 is 6.18 Å². The van der Waals surface area contributed by atoms with Crippen molar-refractivity contribution in [1.29, 1.82) is 0 Å². The fourth-order valence-electron chi connectivity index (χ4n) is 2.64. The number of hydrogen-bond donors (Lipinski definition) is 1. The number of aliphatic hydroxyl groups is 1. The van der Waals surface area contributed by atoms with Gasteiger partial charge in [-0.15, -0.1) is 0 Å². The fraction of sp³-hybridized carbons (Fsp3) is 0.647. The summed E-state index contributed by atoms with van der Waals surface area (Å²) in [5.74, 6) is -0.266. The largest absolute Gasteiger partial charge is 0.465 e. The molecule has 1 unspecified atom stereocenters. The van der Waals surface area contributed by atoms with Crippen molar-refractivity contribution in [3.8, 4) is 5.88 Å². The molecule has 0 aliphatic carbocycles. The molecule has 2 rings (SSSR count). The van der Waals surface area contributed by atoms with Crippen LogP contribution in [0.15, 0.2) is 18.3 Å². The van der Waals surface area contributed by atoms with E-state index in [1.165, 1.54) is 18.3 Å². The van der Waals surface area contributed by atoms with Crippen LogP contribution in [0.3, 0.4) is 0 Å². The summed E-state index contributed by atoms with van der Waals surface area (Å²) >= 11 is 0. The highest BCUT2D eigenvalue weighted by Crippen LogP contribution is 2.25. The van der Waals surface area contributed by atoms with Crippen molar-refractivity contribution in [2.75, 3.05) is 11.4 Å². The number of alkyl halides is 3. The molecule has 25 heavy (non-hydrogen) atoms. The second-order valence-electron chi connectivity index (χ2n) is 6.24. The highest BCUT2D eigenvalue weighted by molar-refractivity contribution is 5.93. The Balaban J connectivity index is 2.06. The number of pyridine rings is 1. The van der Waals surface area contributed by atoms with Crippen molar-refractivity contribution in [3.63, 3.8) is 0 Å². The van der Waals surface area contributed by atoms with Gasteiger partial charge in [0.15, 0.2) is 6.10 Å². The zero-order valence-corrected chi connectivity index (χ0v) is 14.1. The van der Waals surface area contributed by atoms with Crippen molar-refractivity contribution in [3.05, 3.63) is 18.3 Å². The van der Waals surface area contributed by atoms with Gasteiger partial charge in [0, 0.05) is 19.0 Å². The third-order valence-electron chi connectivity index (χ3n) is 4.20. The molecule has 140 valence electrons. The molecule has 1 aromatic heterocycles. The molecular weight excluding hydrogens is 337 g/mol. The van der Waals surface area contributed by atoms with Gasteiger partial charge < -0.3 is 14.7 Å². The van der Waals surface area contributed by atoms with Crippen molar-refractivity contribution in [1.82, 2.24) is 4.98 Å². The zero-order valence-electron chi connectivity index (χ0n) is 14.1. The Labute approximate surface area is 144 Å². The lowest BCUT2D eigenvalue weighted by Crippen LogP contribution is -2.33. The van der Waals surface area contributed by atoms with Crippen molar-refractivity contribution >= 4 is 11.6 Å². The van der Waals surface area contributed by atoms with Crippen LogP contribution in [-0.2, 0) is 4.79 Å². The molecule has 0 aromatic carbocycles. The number of anilines is 1. The van der Waals surface area contributed by atoms with Crippen LogP contribution in [0, 0.1) is 0 Å². The maximum absolute atomic E-state index is 12.5. The summed E-state index contributed by atoms with van der Waals surface area (Å²) in [6, 6.07) is 2.87. The summed E-state index contributed by atoms with van der Waals surface area (Å²) in [5, 5.41) is 9.80. The van der Waals surface area contributed by atoms with Crippen LogP contribution in [0.1, 0.15) is 45.4 Å². The number of amides is 1. The van der Waals surface area contributed by atoms with Gasteiger partial charge in [-0.3, -0.25) is 4.79 Å². The van der Waals surface area contributed by atoms with Crippen molar-refractivity contribution in [2.24, 2.45) is 0 Å². The van der Waals surface area contributed by atoms with Gasteiger partial charge in [-0.2, -0.15) is 13.2 Å². The minimum atomic E-state index is -4.46. The molecule has 2 heterocycles.